The number of amides is 1. The zero-order valence-electron chi connectivity index (χ0n) is 14.4. The molecule has 0 N–H and O–H groups in total. The Labute approximate surface area is 151 Å². The van der Waals surface area contributed by atoms with Crippen LogP contribution in [0.5, 0.6) is 0 Å². The zero-order chi connectivity index (χ0) is 18.3. The smallest absolute Gasteiger partial charge is 0.272 e. The Balaban J connectivity index is 1.58. The first kappa shape index (κ1) is 17.2. The summed E-state index contributed by atoms with van der Waals surface area (Å²) >= 11 is 0. The molecule has 0 unspecified atom stereocenters. The van der Waals surface area contributed by atoms with Crippen LogP contribution < -0.4 is 0 Å². The molecule has 0 aliphatic carbocycles. The molecule has 0 aromatic carbocycles. The van der Waals surface area contributed by atoms with Gasteiger partial charge < -0.3 is 9.32 Å². The second kappa shape index (κ2) is 6.48. The van der Waals surface area contributed by atoms with Crippen molar-refractivity contribution >= 4 is 15.7 Å². The number of nitrogens with zero attached hydrogens (tertiary/aromatic N) is 4. The van der Waals surface area contributed by atoms with Crippen molar-refractivity contribution in [2.24, 2.45) is 0 Å². The Morgan fingerprint density at radius 3 is 2.77 bits per heavy atom. The largest absolute Gasteiger partial charge is 0.449 e. The van der Waals surface area contributed by atoms with Crippen LogP contribution in [0.1, 0.15) is 22.1 Å². The number of sulfone groups is 1. The molecule has 0 bridgehead atoms. The predicted octanol–water partition coefficient (Wildman–Crippen LogP) is 0.502. The fourth-order valence-corrected chi connectivity index (χ4v) is 5.81. The SMILES string of the molecule is Cc1nc(CN2CCN(C(=O)c3ccccn3)[C@@H]3CS(=O)(=O)C[C@@H]32)co1. The third-order valence-corrected chi connectivity index (χ3v) is 6.67. The van der Waals surface area contributed by atoms with Crippen molar-refractivity contribution in [1.29, 1.82) is 0 Å². The number of aryl methyl sites for hydroxylation is 1. The van der Waals surface area contributed by atoms with Crippen molar-refractivity contribution in [3.05, 3.63) is 47.9 Å². The van der Waals surface area contributed by atoms with Gasteiger partial charge in [0.05, 0.1) is 23.2 Å². The number of hydrogen-bond donors (Lipinski definition) is 0. The lowest BCUT2D eigenvalue weighted by Crippen LogP contribution is -2.60. The number of carbonyl (C=O) groups excluding carboxylic acids is 1. The van der Waals surface area contributed by atoms with E-state index in [1.807, 2.05) is 0 Å². The lowest BCUT2D eigenvalue weighted by atomic mass is 10.0. The fourth-order valence-electron chi connectivity index (χ4n) is 3.80. The number of pyridine rings is 1. The maximum absolute atomic E-state index is 12.8. The van der Waals surface area contributed by atoms with Gasteiger partial charge in [0, 0.05) is 38.8 Å². The Bertz CT molecular complexity index is 912. The molecule has 0 spiro atoms. The minimum Gasteiger partial charge on any atom is -0.449 e. The summed E-state index contributed by atoms with van der Waals surface area (Å²) in [5.74, 6) is 0.416. The van der Waals surface area contributed by atoms with Crippen LogP contribution >= 0.6 is 0 Å². The summed E-state index contributed by atoms with van der Waals surface area (Å²) in [6, 6.07) is 4.56. The first-order valence-electron chi connectivity index (χ1n) is 8.50. The molecule has 0 saturated carbocycles. The number of aromatic nitrogens is 2. The summed E-state index contributed by atoms with van der Waals surface area (Å²) in [5.41, 5.74) is 1.12. The van der Waals surface area contributed by atoms with Crippen LogP contribution in [0.3, 0.4) is 0 Å². The molecule has 4 rings (SSSR count). The third-order valence-electron chi connectivity index (χ3n) is 4.97. The maximum Gasteiger partial charge on any atom is 0.272 e. The lowest BCUT2D eigenvalue weighted by Gasteiger charge is -2.43. The van der Waals surface area contributed by atoms with Gasteiger partial charge in [-0.05, 0) is 12.1 Å². The molecule has 9 heteroatoms. The van der Waals surface area contributed by atoms with E-state index in [1.54, 1.807) is 42.5 Å². The molecule has 2 aromatic heterocycles. The summed E-state index contributed by atoms with van der Waals surface area (Å²) in [4.78, 5) is 25.0. The molecular weight excluding hydrogens is 356 g/mol. The quantitative estimate of drug-likeness (QED) is 0.769. The minimum atomic E-state index is -3.20. The Kier molecular flexibility index (Phi) is 4.28. The summed E-state index contributed by atoms with van der Waals surface area (Å²) in [6.45, 7) is 3.33. The van der Waals surface area contributed by atoms with Gasteiger partial charge in [-0.15, -0.1) is 0 Å². The molecule has 138 valence electrons. The van der Waals surface area contributed by atoms with E-state index >= 15 is 0 Å². The van der Waals surface area contributed by atoms with E-state index in [-0.39, 0.29) is 29.5 Å². The van der Waals surface area contributed by atoms with Gasteiger partial charge >= 0.3 is 0 Å². The summed E-state index contributed by atoms with van der Waals surface area (Å²) in [7, 11) is -3.20. The van der Waals surface area contributed by atoms with Gasteiger partial charge in [0.15, 0.2) is 15.7 Å². The maximum atomic E-state index is 12.8. The summed E-state index contributed by atoms with van der Waals surface area (Å²) in [5, 5.41) is 0. The van der Waals surface area contributed by atoms with Crippen molar-refractivity contribution in [2.75, 3.05) is 24.6 Å². The first-order valence-corrected chi connectivity index (χ1v) is 10.3. The van der Waals surface area contributed by atoms with Crippen LogP contribution in [0.15, 0.2) is 35.1 Å². The molecular formula is C17H20N4O4S. The van der Waals surface area contributed by atoms with Gasteiger partial charge in [-0.3, -0.25) is 14.7 Å². The molecule has 4 heterocycles. The molecule has 2 saturated heterocycles. The highest BCUT2D eigenvalue weighted by Gasteiger charge is 2.48. The van der Waals surface area contributed by atoms with E-state index in [2.05, 4.69) is 14.9 Å². The zero-order valence-corrected chi connectivity index (χ0v) is 15.2. The highest BCUT2D eigenvalue weighted by atomic mass is 32.2. The van der Waals surface area contributed by atoms with Crippen LogP contribution in [0, 0.1) is 6.92 Å². The number of oxazole rings is 1. The topological polar surface area (TPSA) is 96.6 Å². The molecule has 0 radical (unpaired) electrons. The standard InChI is InChI=1S/C17H20N4O4S/c1-12-19-13(9-25-12)8-20-6-7-21(16-11-26(23,24)10-15(16)20)17(22)14-4-2-3-5-18-14/h2-5,9,15-16H,6-8,10-11H2,1H3/t15-,16+/m0/s1. The van der Waals surface area contributed by atoms with Gasteiger partial charge in [0.25, 0.3) is 5.91 Å². The molecule has 2 atom stereocenters. The third kappa shape index (κ3) is 3.24. The molecule has 1 amide bonds. The van der Waals surface area contributed by atoms with Gasteiger partial charge in [-0.2, -0.15) is 0 Å². The molecule has 8 nitrogen and oxygen atoms in total. The monoisotopic (exact) mass is 376 g/mol. The van der Waals surface area contributed by atoms with Gasteiger partial charge in [-0.25, -0.2) is 13.4 Å². The van der Waals surface area contributed by atoms with Crippen molar-refractivity contribution in [1.82, 2.24) is 19.8 Å². The van der Waals surface area contributed by atoms with E-state index in [0.29, 0.717) is 31.2 Å². The second-order valence-corrected chi connectivity index (χ2v) is 8.91. The van der Waals surface area contributed by atoms with Crippen LogP contribution in [0.4, 0.5) is 0 Å². The van der Waals surface area contributed by atoms with E-state index in [1.165, 1.54) is 0 Å². The van der Waals surface area contributed by atoms with Crippen molar-refractivity contribution in [2.45, 2.75) is 25.6 Å². The van der Waals surface area contributed by atoms with Gasteiger partial charge in [0.2, 0.25) is 0 Å². The van der Waals surface area contributed by atoms with Crippen molar-refractivity contribution in [3.63, 3.8) is 0 Å². The minimum absolute atomic E-state index is 0.00934. The predicted molar refractivity (Wildman–Crippen MR) is 93.2 cm³/mol. The second-order valence-electron chi connectivity index (χ2n) is 6.75. The van der Waals surface area contributed by atoms with Gasteiger partial charge in [0.1, 0.15) is 12.0 Å². The summed E-state index contributed by atoms with van der Waals surface area (Å²) < 4.78 is 29.8. The van der Waals surface area contributed by atoms with Crippen LogP contribution in [0.2, 0.25) is 0 Å². The Morgan fingerprint density at radius 2 is 2.08 bits per heavy atom. The molecule has 2 aromatic rings. The number of rotatable bonds is 3. The summed E-state index contributed by atoms with van der Waals surface area (Å²) in [6.07, 6.45) is 3.17. The van der Waals surface area contributed by atoms with Crippen molar-refractivity contribution < 1.29 is 17.6 Å². The number of hydrogen-bond acceptors (Lipinski definition) is 7. The van der Waals surface area contributed by atoms with E-state index < -0.39 is 9.84 Å². The highest BCUT2D eigenvalue weighted by Crippen LogP contribution is 2.29. The van der Waals surface area contributed by atoms with E-state index in [9.17, 15) is 13.2 Å². The number of fused-ring (bicyclic) bond motifs is 1. The number of carbonyl (C=O) groups is 1. The van der Waals surface area contributed by atoms with E-state index in [4.69, 9.17) is 4.42 Å². The lowest BCUT2D eigenvalue weighted by molar-refractivity contribution is 0.0297. The van der Waals surface area contributed by atoms with Crippen LogP contribution in [0.25, 0.3) is 0 Å². The normalized spacial score (nSPS) is 25.2. The molecule has 26 heavy (non-hydrogen) atoms. The molecule has 2 fully saturated rings. The average Bonchev–Trinajstić information content (AvgIpc) is 3.17. The van der Waals surface area contributed by atoms with Crippen LogP contribution in [-0.2, 0) is 16.4 Å². The van der Waals surface area contributed by atoms with Crippen molar-refractivity contribution in [3.8, 4) is 0 Å². The van der Waals surface area contributed by atoms with E-state index in [0.717, 1.165) is 5.69 Å². The Morgan fingerprint density at radius 1 is 1.27 bits per heavy atom. The first-order chi connectivity index (χ1) is 12.4. The number of piperazine rings is 1. The molecule has 2 aliphatic rings. The van der Waals surface area contributed by atoms with Crippen LogP contribution in [-0.4, -0.2) is 70.8 Å². The Hall–Kier alpha value is -2.26. The molecule has 2 aliphatic heterocycles. The fraction of sp³-hybridized carbons (Fsp3) is 0.471. The highest BCUT2D eigenvalue weighted by molar-refractivity contribution is 7.91. The average molecular weight is 376 g/mol. The van der Waals surface area contributed by atoms with Gasteiger partial charge in [-0.1, -0.05) is 6.07 Å².